The van der Waals surface area contributed by atoms with Gasteiger partial charge in [0.25, 0.3) is 0 Å². The van der Waals surface area contributed by atoms with Crippen LogP contribution < -0.4 is 14.8 Å². The normalized spacial score (nSPS) is 11.2. The Morgan fingerprint density at radius 2 is 1.94 bits per heavy atom. The summed E-state index contributed by atoms with van der Waals surface area (Å²) in [6, 6.07) is 12.2. The minimum atomic E-state index is -3.63. The molecular formula is C22H25N5O4S2. The molecule has 174 valence electrons. The van der Waals surface area contributed by atoms with Crippen LogP contribution in [0.25, 0.3) is 11.4 Å². The van der Waals surface area contributed by atoms with Crippen molar-refractivity contribution in [3.05, 3.63) is 60.7 Å². The second kappa shape index (κ2) is 10.6. The Morgan fingerprint density at radius 1 is 1.21 bits per heavy atom. The number of allylic oxidation sites excluding steroid dienone is 1. The molecule has 0 unspecified atom stereocenters. The number of aryl methyl sites for hydroxylation is 1. The molecule has 3 rings (SSSR count). The molecule has 33 heavy (non-hydrogen) atoms. The Balaban J connectivity index is 1.73. The fourth-order valence-corrected chi connectivity index (χ4v) is 4.79. The fraction of sp³-hybridized carbons (Fsp3) is 0.227. The van der Waals surface area contributed by atoms with E-state index in [0.717, 1.165) is 11.3 Å². The number of nitrogens with zero attached hydrogens (tertiary/aromatic N) is 3. The highest BCUT2D eigenvalue weighted by molar-refractivity contribution is 7.99. The summed E-state index contributed by atoms with van der Waals surface area (Å²) >= 11 is 1.23. The Labute approximate surface area is 197 Å². The summed E-state index contributed by atoms with van der Waals surface area (Å²) in [5, 5.41) is 11.8. The molecule has 0 saturated carbocycles. The highest BCUT2D eigenvalue weighted by Gasteiger charge is 2.17. The van der Waals surface area contributed by atoms with Crippen LogP contribution in [0, 0.1) is 6.92 Å². The number of thioether (sulfide) groups is 1. The highest BCUT2D eigenvalue weighted by atomic mass is 32.2. The number of amides is 1. The minimum Gasteiger partial charge on any atom is -0.497 e. The molecule has 0 atom stereocenters. The number of rotatable bonds is 10. The Bertz CT molecular complexity index is 1250. The molecular weight excluding hydrogens is 462 g/mol. The molecule has 11 heteroatoms. The number of sulfonamides is 1. The lowest BCUT2D eigenvalue weighted by molar-refractivity contribution is -0.113. The summed E-state index contributed by atoms with van der Waals surface area (Å²) in [7, 11) is -0.681. The third-order valence-corrected chi connectivity index (χ3v) is 7.26. The lowest BCUT2D eigenvalue weighted by Crippen LogP contribution is -2.20. The molecule has 0 spiro atoms. The summed E-state index contributed by atoms with van der Waals surface area (Å²) in [5.41, 5.74) is 1.84. The fourth-order valence-electron chi connectivity index (χ4n) is 3.05. The van der Waals surface area contributed by atoms with Crippen LogP contribution >= 0.6 is 11.8 Å². The maximum absolute atomic E-state index is 12.5. The SMILES string of the molecule is C=CCn1c(SCC(=O)Nc2ccc(C)c(S(=O)(=O)NC)c2)nnc1-c1ccc(OC)cc1. The molecule has 0 aliphatic rings. The molecule has 2 aromatic carbocycles. The summed E-state index contributed by atoms with van der Waals surface area (Å²) in [5.74, 6) is 1.16. The summed E-state index contributed by atoms with van der Waals surface area (Å²) in [6.45, 7) is 5.96. The predicted octanol–water partition coefficient (Wildman–Crippen LogP) is 3.09. The molecule has 1 amide bonds. The third kappa shape index (κ3) is 5.81. The van der Waals surface area contributed by atoms with Crippen molar-refractivity contribution in [2.45, 2.75) is 23.5 Å². The van der Waals surface area contributed by atoms with Crippen LogP contribution in [-0.4, -0.2) is 49.0 Å². The molecule has 0 bridgehead atoms. The summed E-state index contributed by atoms with van der Waals surface area (Å²) in [6.07, 6.45) is 1.73. The maximum atomic E-state index is 12.5. The van der Waals surface area contributed by atoms with Gasteiger partial charge >= 0.3 is 0 Å². The number of anilines is 1. The van der Waals surface area contributed by atoms with Gasteiger partial charge < -0.3 is 10.1 Å². The van der Waals surface area contributed by atoms with E-state index in [2.05, 4.69) is 26.8 Å². The molecule has 0 saturated heterocycles. The molecule has 1 heterocycles. The van der Waals surface area contributed by atoms with E-state index in [9.17, 15) is 13.2 Å². The van der Waals surface area contributed by atoms with Gasteiger partial charge in [-0.05, 0) is 55.9 Å². The van der Waals surface area contributed by atoms with Crippen LogP contribution in [0.3, 0.4) is 0 Å². The number of benzene rings is 2. The van der Waals surface area contributed by atoms with E-state index < -0.39 is 10.0 Å². The zero-order valence-electron chi connectivity index (χ0n) is 18.5. The van der Waals surface area contributed by atoms with E-state index in [-0.39, 0.29) is 16.6 Å². The zero-order valence-corrected chi connectivity index (χ0v) is 20.2. The quantitative estimate of drug-likeness (QED) is 0.334. The number of carbonyl (C=O) groups excluding carboxylic acids is 1. The zero-order chi connectivity index (χ0) is 24.0. The molecule has 9 nitrogen and oxygen atoms in total. The summed E-state index contributed by atoms with van der Waals surface area (Å²) in [4.78, 5) is 12.6. The van der Waals surface area contributed by atoms with Gasteiger partial charge in [0, 0.05) is 17.8 Å². The standard InChI is InChI=1S/C22H25N5O4S2/c1-5-12-27-21(16-7-10-18(31-4)11-8-16)25-26-22(27)32-14-20(28)24-17-9-6-15(2)19(13-17)33(29,30)23-3/h5-11,13,23H,1,12,14H2,2-4H3,(H,24,28). The second-order valence-electron chi connectivity index (χ2n) is 6.96. The van der Waals surface area contributed by atoms with E-state index >= 15 is 0 Å². The lowest BCUT2D eigenvalue weighted by atomic mass is 10.2. The van der Waals surface area contributed by atoms with Crippen molar-refractivity contribution in [2.24, 2.45) is 0 Å². The van der Waals surface area contributed by atoms with Gasteiger partial charge in [-0.15, -0.1) is 16.8 Å². The molecule has 0 fully saturated rings. The van der Waals surface area contributed by atoms with E-state index in [0.29, 0.717) is 28.8 Å². The number of methoxy groups -OCH3 is 1. The van der Waals surface area contributed by atoms with Crippen LogP contribution in [0.15, 0.2) is 65.2 Å². The van der Waals surface area contributed by atoms with Gasteiger partial charge in [-0.2, -0.15) is 0 Å². The van der Waals surface area contributed by atoms with Crippen molar-refractivity contribution in [1.82, 2.24) is 19.5 Å². The average molecular weight is 488 g/mol. The average Bonchev–Trinajstić information content (AvgIpc) is 3.21. The van der Waals surface area contributed by atoms with Crippen molar-refractivity contribution >= 4 is 33.4 Å². The first-order valence-corrected chi connectivity index (χ1v) is 12.4. The topological polar surface area (TPSA) is 115 Å². The highest BCUT2D eigenvalue weighted by Crippen LogP contribution is 2.26. The van der Waals surface area contributed by atoms with Gasteiger partial charge in [0.15, 0.2) is 11.0 Å². The van der Waals surface area contributed by atoms with Crippen molar-refractivity contribution in [3.63, 3.8) is 0 Å². The lowest BCUT2D eigenvalue weighted by Gasteiger charge is -2.11. The van der Waals surface area contributed by atoms with Crippen LogP contribution in [0.2, 0.25) is 0 Å². The monoisotopic (exact) mass is 487 g/mol. The van der Waals surface area contributed by atoms with Gasteiger partial charge in [-0.25, -0.2) is 13.1 Å². The van der Waals surface area contributed by atoms with Crippen LogP contribution in [0.1, 0.15) is 5.56 Å². The number of nitrogens with one attached hydrogen (secondary N) is 2. The first kappa shape index (κ1) is 24.5. The van der Waals surface area contributed by atoms with E-state index in [4.69, 9.17) is 4.74 Å². The number of hydrogen-bond acceptors (Lipinski definition) is 7. The molecule has 1 aromatic heterocycles. The Morgan fingerprint density at radius 3 is 2.58 bits per heavy atom. The van der Waals surface area contributed by atoms with Crippen molar-refractivity contribution in [3.8, 4) is 17.1 Å². The van der Waals surface area contributed by atoms with Crippen LogP contribution in [0.5, 0.6) is 5.75 Å². The van der Waals surface area contributed by atoms with Crippen molar-refractivity contribution < 1.29 is 17.9 Å². The Hall–Kier alpha value is -3.15. The smallest absolute Gasteiger partial charge is 0.240 e. The Kier molecular flexibility index (Phi) is 7.90. The van der Waals surface area contributed by atoms with Crippen LogP contribution in [-0.2, 0) is 21.4 Å². The van der Waals surface area contributed by atoms with Crippen molar-refractivity contribution in [2.75, 3.05) is 25.2 Å². The largest absolute Gasteiger partial charge is 0.497 e. The third-order valence-electron chi connectivity index (χ3n) is 4.74. The summed E-state index contributed by atoms with van der Waals surface area (Å²) < 4.78 is 33.7. The van der Waals surface area contributed by atoms with Crippen LogP contribution in [0.4, 0.5) is 5.69 Å². The number of ether oxygens (including phenoxy) is 1. The first-order valence-electron chi connectivity index (χ1n) is 9.94. The van der Waals surface area contributed by atoms with E-state index in [1.165, 1.54) is 24.9 Å². The maximum Gasteiger partial charge on any atom is 0.240 e. The molecule has 2 N–H and O–H groups in total. The number of aromatic nitrogens is 3. The minimum absolute atomic E-state index is 0.0693. The first-order chi connectivity index (χ1) is 15.8. The van der Waals surface area contributed by atoms with E-state index in [1.807, 2.05) is 28.8 Å². The van der Waals surface area contributed by atoms with E-state index in [1.54, 1.807) is 32.2 Å². The van der Waals surface area contributed by atoms with Gasteiger partial charge in [-0.1, -0.05) is 23.9 Å². The molecule has 0 aliphatic carbocycles. The van der Waals surface area contributed by atoms with Gasteiger partial charge in [0.2, 0.25) is 15.9 Å². The molecule has 0 aliphatic heterocycles. The molecule has 0 radical (unpaired) electrons. The van der Waals surface area contributed by atoms with Gasteiger partial charge in [0.1, 0.15) is 5.75 Å². The number of hydrogen-bond donors (Lipinski definition) is 2. The second-order valence-corrected chi connectivity index (χ2v) is 9.76. The van der Waals surface area contributed by atoms with Crippen molar-refractivity contribution in [1.29, 1.82) is 0 Å². The molecule has 3 aromatic rings. The van der Waals surface area contributed by atoms with Gasteiger partial charge in [0.05, 0.1) is 17.8 Å². The number of carbonyl (C=O) groups is 1. The predicted molar refractivity (Wildman–Crippen MR) is 129 cm³/mol. The van der Waals surface area contributed by atoms with Gasteiger partial charge in [-0.3, -0.25) is 9.36 Å².